The average Bonchev–Trinajstić information content (AvgIpc) is 3.43. The standard InChI is InChI=1S/C30H30N4O2S/c1-5-21-12-14-23(15-13-21)34-28(27(32-30(34)37)26-11-6-7-16-31-26)25-17-19(2)33(20(25)3)24-10-8-9-22(18-24)29(35)36-4/h6-18,27-28H,5H2,1-4H3,(H,32,37)/t27-,28-/m0/s1. The first-order valence-electron chi connectivity index (χ1n) is 12.4. The van der Waals surface area contributed by atoms with Gasteiger partial charge in [0.2, 0.25) is 0 Å². The van der Waals surface area contributed by atoms with Crippen LogP contribution in [0.1, 0.15) is 57.6 Å². The number of rotatable bonds is 6. The Morgan fingerprint density at radius 3 is 2.49 bits per heavy atom. The van der Waals surface area contributed by atoms with Crippen molar-refractivity contribution in [3.63, 3.8) is 0 Å². The average molecular weight is 511 g/mol. The number of methoxy groups -OCH3 is 1. The van der Waals surface area contributed by atoms with Gasteiger partial charge in [0.05, 0.1) is 30.5 Å². The lowest BCUT2D eigenvalue weighted by Gasteiger charge is -2.28. The van der Waals surface area contributed by atoms with Gasteiger partial charge in [0.25, 0.3) is 0 Å². The fourth-order valence-electron chi connectivity index (χ4n) is 5.22. The zero-order valence-electron chi connectivity index (χ0n) is 21.4. The molecule has 188 valence electrons. The van der Waals surface area contributed by atoms with Crippen LogP contribution in [0.3, 0.4) is 0 Å². The third-order valence-corrected chi connectivity index (χ3v) is 7.35. The first kappa shape index (κ1) is 24.7. The van der Waals surface area contributed by atoms with Crippen LogP contribution >= 0.6 is 12.2 Å². The molecule has 3 heterocycles. The fourth-order valence-corrected chi connectivity index (χ4v) is 5.56. The highest BCUT2D eigenvalue weighted by molar-refractivity contribution is 7.80. The van der Waals surface area contributed by atoms with Crippen molar-refractivity contribution in [3.05, 3.63) is 113 Å². The van der Waals surface area contributed by atoms with Crippen LogP contribution in [0.4, 0.5) is 5.69 Å². The Balaban J connectivity index is 1.65. The fraction of sp³-hybridized carbons (Fsp3) is 0.233. The molecule has 2 atom stereocenters. The number of aryl methyl sites for hydroxylation is 2. The SMILES string of the molecule is CCc1ccc(N2C(=S)N[C@@H](c3ccccn3)[C@@H]2c2cc(C)n(-c3cccc(C(=O)OC)c3)c2C)cc1. The Labute approximate surface area is 222 Å². The number of hydrogen-bond donors (Lipinski definition) is 1. The van der Waals surface area contributed by atoms with E-state index < -0.39 is 0 Å². The molecule has 1 N–H and O–H groups in total. The molecule has 0 bridgehead atoms. The van der Waals surface area contributed by atoms with Gasteiger partial charge in [0, 0.05) is 29.0 Å². The first-order chi connectivity index (χ1) is 17.9. The van der Waals surface area contributed by atoms with E-state index in [4.69, 9.17) is 17.0 Å². The Morgan fingerprint density at radius 1 is 1.03 bits per heavy atom. The van der Waals surface area contributed by atoms with Crippen LogP contribution in [-0.4, -0.2) is 27.7 Å². The summed E-state index contributed by atoms with van der Waals surface area (Å²) in [6, 6.07) is 24.0. The summed E-state index contributed by atoms with van der Waals surface area (Å²) in [5, 5.41) is 4.22. The number of aromatic nitrogens is 2. The summed E-state index contributed by atoms with van der Waals surface area (Å²) in [6.45, 7) is 6.35. The van der Waals surface area contributed by atoms with Crippen LogP contribution in [0.5, 0.6) is 0 Å². The maximum Gasteiger partial charge on any atom is 0.337 e. The van der Waals surface area contributed by atoms with Crippen LogP contribution in [0, 0.1) is 13.8 Å². The van der Waals surface area contributed by atoms with E-state index in [1.165, 1.54) is 12.7 Å². The van der Waals surface area contributed by atoms with Crippen molar-refractivity contribution in [2.45, 2.75) is 39.3 Å². The number of thiocarbonyl (C=S) groups is 1. The van der Waals surface area contributed by atoms with E-state index in [0.29, 0.717) is 10.7 Å². The van der Waals surface area contributed by atoms with Gasteiger partial charge in [-0.3, -0.25) is 4.98 Å². The number of carbonyl (C=O) groups excluding carboxylic acids is 1. The number of anilines is 1. The molecule has 1 saturated heterocycles. The van der Waals surface area contributed by atoms with Crippen LogP contribution < -0.4 is 10.2 Å². The highest BCUT2D eigenvalue weighted by Crippen LogP contribution is 2.43. The quantitative estimate of drug-likeness (QED) is 0.253. The number of pyridine rings is 1. The molecule has 6 nitrogen and oxygen atoms in total. The van der Waals surface area contributed by atoms with Gasteiger partial charge in [0.15, 0.2) is 5.11 Å². The first-order valence-corrected chi connectivity index (χ1v) is 12.8. The lowest BCUT2D eigenvalue weighted by atomic mass is 9.96. The van der Waals surface area contributed by atoms with Gasteiger partial charge < -0.3 is 19.5 Å². The van der Waals surface area contributed by atoms with Crippen molar-refractivity contribution >= 4 is 29.0 Å². The van der Waals surface area contributed by atoms with E-state index in [2.05, 4.69) is 70.9 Å². The second-order valence-corrected chi connectivity index (χ2v) is 9.61. The van der Waals surface area contributed by atoms with E-state index >= 15 is 0 Å². The zero-order chi connectivity index (χ0) is 26.1. The third kappa shape index (κ3) is 4.51. The third-order valence-electron chi connectivity index (χ3n) is 7.04. The molecule has 2 aromatic carbocycles. The summed E-state index contributed by atoms with van der Waals surface area (Å²) in [5.41, 5.74) is 7.95. The summed E-state index contributed by atoms with van der Waals surface area (Å²) >= 11 is 5.90. The summed E-state index contributed by atoms with van der Waals surface area (Å²) in [4.78, 5) is 19.1. The van der Waals surface area contributed by atoms with Gasteiger partial charge >= 0.3 is 5.97 Å². The molecule has 1 aliphatic rings. The number of ether oxygens (including phenoxy) is 1. The number of hydrogen-bond acceptors (Lipinski definition) is 4. The Kier molecular flexibility index (Phi) is 6.80. The summed E-state index contributed by atoms with van der Waals surface area (Å²) in [7, 11) is 1.40. The van der Waals surface area contributed by atoms with Gasteiger partial charge in [-0.25, -0.2) is 4.79 Å². The summed E-state index contributed by atoms with van der Waals surface area (Å²) in [5.74, 6) is -0.355. The monoisotopic (exact) mass is 510 g/mol. The van der Waals surface area contributed by atoms with Crippen molar-refractivity contribution in [2.24, 2.45) is 0 Å². The van der Waals surface area contributed by atoms with E-state index in [0.717, 1.165) is 40.4 Å². The molecule has 1 fully saturated rings. The van der Waals surface area contributed by atoms with Crippen LogP contribution in [0.15, 0.2) is 79.0 Å². The normalized spacial score (nSPS) is 17.1. The minimum atomic E-state index is -0.355. The number of nitrogens with one attached hydrogen (secondary N) is 1. The lowest BCUT2D eigenvalue weighted by Crippen LogP contribution is -2.29. The van der Waals surface area contributed by atoms with Crippen molar-refractivity contribution in [2.75, 3.05) is 12.0 Å². The predicted octanol–water partition coefficient (Wildman–Crippen LogP) is 6.02. The van der Waals surface area contributed by atoms with Crippen LogP contribution in [0.25, 0.3) is 5.69 Å². The van der Waals surface area contributed by atoms with E-state index in [9.17, 15) is 4.79 Å². The smallest absolute Gasteiger partial charge is 0.337 e. The second kappa shape index (κ2) is 10.2. The topological polar surface area (TPSA) is 59.4 Å². The highest BCUT2D eigenvalue weighted by atomic mass is 32.1. The van der Waals surface area contributed by atoms with Gasteiger partial charge in [0.1, 0.15) is 0 Å². The van der Waals surface area contributed by atoms with Crippen LogP contribution in [-0.2, 0) is 11.2 Å². The van der Waals surface area contributed by atoms with Crippen LogP contribution in [0.2, 0.25) is 0 Å². The van der Waals surface area contributed by atoms with Crippen molar-refractivity contribution in [3.8, 4) is 5.69 Å². The number of esters is 1. The molecule has 2 aromatic heterocycles. The molecular formula is C30H30N4O2S. The molecule has 5 rings (SSSR count). The van der Waals surface area contributed by atoms with Gasteiger partial charge in [-0.1, -0.05) is 31.2 Å². The maximum absolute atomic E-state index is 12.2. The summed E-state index contributed by atoms with van der Waals surface area (Å²) < 4.78 is 7.12. The minimum absolute atomic E-state index is 0.112. The lowest BCUT2D eigenvalue weighted by molar-refractivity contribution is 0.0600. The largest absolute Gasteiger partial charge is 0.465 e. The Hall–Kier alpha value is -3.97. The summed E-state index contributed by atoms with van der Waals surface area (Å²) in [6.07, 6.45) is 2.80. The van der Waals surface area contributed by atoms with E-state index in [1.54, 1.807) is 6.07 Å². The molecular weight excluding hydrogens is 480 g/mol. The molecule has 0 radical (unpaired) electrons. The molecule has 4 aromatic rings. The van der Waals surface area contributed by atoms with Gasteiger partial charge in [-0.2, -0.15) is 0 Å². The molecule has 0 amide bonds. The van der Waals surface area contributed by atoms with Gasteiger partial charge in [-0.15, -0.1) is 0 Å². The molecule has 7 heteroatoms. The van der Waals surface area contributed by atoms with E-state index in [1.807, 2.05) is 42.6 Å². The molecule has 0 aliphatic carbocycles. The zero-order valence-corrected chi connectivity index (χ0v) is 22.3. The second-order valence-electron chi connectivity index (χ2n) is 9.22. The van der Waals surface area contributed by atoms with E-state index in [-0.39, 0.29) is 18.1 Å². The Bertz CT molecular complexity index is 1450. The highest BCUT2D eigenvalue weighted by Gasteiger charge is 2.42. The molecule has 0 unspecified atom stereocenters. The van der Waals surface area contributed by atoms with Crippen molar-refractivity contribution in [1.29, 1.82) is 0 Å². The predicted molar refractivity (Wildman–Crippen MR) is 150 cm³/mol. The van der Waals surface area contributed by atoms with Gasteiger partial charge in [-0.05, 0) is 92.1 Å². The van der Waals surface area contributed by atoms with Crippen molar-refractivity contribution < 1.29 is 9.53 Å². The molecule has 1 aliphatic heterocycles. The minimum Gasteiger partial charge on any atom is -0.465 e. The maximum atomic E-state index is 12.2. The Morgan fingerprint density at radius 2 is 1.81 bits per heavy atom. The molecule has 37 heavy (non-hydrogen) atoms. The van der Waals surface area contributed by atoms with Crippen molar-refractivity contribution in [1.82, 2.24) is 14.9 Å². The molecule has 0 saturated carbocycles. The number of nitrogens with zero attached hydrogens (tertiary/aromatic N) is 3. The molecule has 0 spiro atoms. The number of carbonyl (C=O) groups is 1. The number of benzene rings is 2.